The minimum atomic E-state index is -1.06. The molecular formula is C28H37N7O3. The van der Waals surface area contributed by atoms with Gasteiger partial charge in [0.15, 0.2) is 0 Å². The van der Waals surface area contributed by atoms with Gasteiger partial charge in [0.2, 0.25) is 5.91 Å². The van der Waals surface area contributed by atoms with Gasteiger partial charge < -0.3 is 25.7 Å². The van der Waals surface area contributed by atoms with Gasteiger partial charge in [-0.25, -0.2) is 4.98 Å². The minimum absolute atomic E-state index is 0.000446. The number of nitrogen functional groups attached to an aromatic ring is 1. The number of esters is 1. The van der Waals surface area contributed by atoms with Gasteiger partial charge in [-0.05, 0) is 82.1 Å². The predicted molar refractivity (Wildman–Crippen MR) is 148 cm³/mol. The number of H-pyrrole nitrogens is 1. The van der Waals surface area contributed by atoms with Crippen molar-refractivity contribution in [2.45, 2.75) is 45.7 Å². The Morgan fingerprint density at radius 1 is 1.21 bits per heavy atom. The second kappa shape index (κ2) is 11.2. The Hall–Kier alpha value is -3.92. The summed E-state index contributed by atoms with van der Waals surface area (Å²) in [6.45, 7) is 7.83. The topological polar surface area (TPSA) is 140 Å². The first-order valence-corrected chi connectivity index (χ1v) is 13.0. The molecule has 0 radical (unpaired) electrons. The van der Waals surface area contributed by atoms with Crippen LogP contribution in [0.25, 0.3) is 11.0 Å². The fourth-order valence-electron chi connectivity index (χ4n) is 5.10. The molecule has 0 spiro atoms. The summed E-state index contributed by atoms with van der Waals surface area (Å²) in [6.07, 6.45) is 1.96. The van der Waals surface area contributed by atoms with Crippen molar-refractivity contribution in [3.63, 3.8) is 0 Å². The molecule has 1 amide bonds. The van der Waals surface area contributed by atoms with E-state index in [0.29, 0.717) is 31.8 Å². The van der Waals surface area contributed by atoms with E-state index in [1.165, 1.54) is 0 Å². The standard InChI is InChI=1S/C28H37N7O3/c1-5-38-24(36)17-34(4)28(3,27(37)35-14-6-7-15-35)21-12-13-22-25(18(21)2)33-23(32-22)16-31-20-10-8-19(9-11-20)26(29)30/h8-13,31H,5-7,14-17H2,1-4H3,(H3,29,30)(H,32,33). The number of anilines is 1. The molecular weight excluding hydrogens is 482 g/mol. The van der Waals surface area contributed by atoms with Crippen molar-refractivity contribution in [3.8, 4) is 0 Å². The molecule has 38 heavy (non-hydrogen) atoms. The molecule has 1 atom stereocenters. The van der Waals surface area contributed by atoms with Crippen LogP contribution in [0, 0.1) is 12.3 Å². The zero-order valence-electron chi connectivity index (χ0n) is 22.6. The third kappa shape index (κ3) is 5.35. The van der Waals surface area contributed by atoms with Gasteiger partial charge in [-0.15, -0.1) is 0 Å². The van der Waals surface area contributed by atoms with Crippen LogP contribution in [-0.4, -0.2) is 70.8 Å². The molecule has 1 aliphatic rings. The van der Waals surface area contributed by atoms with Crippen molar-refractivity contribution >= 4 is 34.4 Å². The van der Waals surface area contributed by atoms with Crippen LogP contribution in [0.15, 0.2) is 36.4 Å². The quantitative estimate of drug-likeness (QED) is 0.183. The van der Waals surface area contributed by atoms with Gasteiger partial charge in [0.05, 0.1) is 30.7 Å². The van der Waals surface area contributed by atoms with Crippen LogP contribution >= 0.6 is 0 Å². The molecule has 5 N–H and O–H groups in total. The summed E-state index contributed by atoms with van der Waals surface area (Å²) in [7, 11) is 1.80. The lowest BCUT2D eigenvalue weighted by molar-refractivity contribution is -0.150. The van der Waals surface area contributed by atoms with Crippen molar-refractivity contribution in [3.05, 3.63) is 58.9 Å². The Kier molecular flexibility index (Phi) is 8.01. The fourth-order valence-corrected chi connectivity index (χ4v) is 5.10. The zero-order chi connectivity index (χ0) is 27.4. The molecule has 2 heterocycles. The average molecular weight is 520 g/mol. The maximum atomic E-state index is 13.9. The van der Waals surface area contributed by atoms with Crippen molar-refractivity contribution in [2.75, 3.05) is 38.6 Å². The molecule has 1 unspecified atom stereocenters. The van der Waals surface area contributed by atoms with Crippen molar-refractivity contribution in [1.29, 1.82) is 5.41 Å². The van der Waals surface area contributed by atoms with Gasteiger partial charge in [0.1, 0.15) is 17.2 Å². The number of amides is 1. The number of nitrogens with one attached hydrogen (secondary N) is 3. The Labute approximate surface area is 223 Å². The van der Waals surface area contributed by atoms with E-state index < -0.39 is 5.54 Å². The second-order valence-corrected chi connectivity index (χ2v) is 9.89. The number of rotatable bonds is 10. The zero-order valence-corrected chi connectivity index (χ0v) is 22.6. The lowest BCUT2D eigenvalue weighted by atomic mass is 9.85. The molecule has 1 saturated heterocycles. The molecule has 1 fully saturated rings. The number of carbonyl (C=O) groups excluding carboxylic acids is 2. The van der Waals surface area contributed by atoms with Gasteiger partial charge in [-0.3, -0.25) is 19.9 Å². The van der Waals surface area contributed by atoms with Gasteiger partial charge in [0.25, 0.3) is 0 Å². The number of aryl methyl sites for hydroxylation is 1. The van der Waals surface area contributed by atoms with E-state index in [2.05, 4.69) is 10.3 Å². The number of amidine groups is 1. The van der Waals surface area contributed by atoms with E-state index in [-0.39, 0.29) is 24.3 Å². The van der Waals surface area contributed by atoms with Gasteiger partial charge in [0, 0.05) is 24.3 Å². The summed E-state index contributed by atoms with van der Waals surface area (Å²) in [4.78, 5) is 38.2. The molecule has 202 valence electrons. The van der Waals surface area contributed by atoms with Gasteiger partial charge in [-0.2, -0.15) is 0 Å². The second-order valence-electron chi connectivity index (χ2n) is 9.89. The Balaban J connectivity index is 1.64. The van der Waals surface area contributed by atoms with Crippen molar-refractivity contribution in [2.24, 2.45) is 5.73 Å². The normalized spacial score (nSPS) is 15.0. The third-order valence-corrected chi connectivity index (χ3v) is 7.38. The smallest absolute Gasteiger partial charge is 0.320 e. The Morgan fingerprint density at radius 2 is 1.89 bits per heavy atom. The number of hydrogen-bond donors (Lipinski definition) is 4. The van der Waals surface area contributed by atoms with Crippen LogP contribution in [0.3, 0.4) is 0 Å². The summed E-state index contributed by atoms with van der Waals surface area (Å²) in [5.41, 5.74) is 9.40. The SMILES string of the molecule is CCOC(=O)CN(C)C(C)(C(=O)N1CCCC1)c1ccc2[nH]c(CNc3ccc(C(=N)N)cc3)nc2c1C. The van der Waals surface area contributed by atoms with E-state index in [1.807, 2.05) is 43.0 Å². The monoisotopic (exact) mass is 519 g/mol. The molecule has 1 aromatic heterocycles. The number of carbonyl (C=O) groups is 2. The number of aromatic nitrogens is 2. The molecule has 0 saturated carbocycles. The van der Waals surface area contributed by atoms with Crippen LogP contribution in [-0.2, 0) is 26.4 Å². The molecule has 1 aliphatic heterocycles. The highest BCUT2D eigenvalue weighted by Crippen LogP contribution is 2.35. The van der Waals surface area contributed by atoms with E-state index in [9.17, 15) is 9.59 Å². The van der Waals surface area contributed by atoms with Crippen molar-refractivity contribution < 1.29 is 14.3 Å². The molecule has 0 aliphatic carbocycles. The lowest BCUT2D eigenvalue weighted by Crippen LogP contribution is -2.55. The molecule has 3 aromatic rings. The van der Waals surface area contributed by atoms with Crippen LogP contribution in [0.5, 0.6) is 0 Å². The molecule has 10 heteroatoms. The average Bonchev–Trinajstić information content (AvgIpc) is 3.58. The summed E-state index contributed by atoms with van der Waals surface area (Å²) in [5, 5.41) is 10.9. The first-order valence-electron chi connectivity index (χ1n) is 13.0. The summed E-state index contributed by atoms with van der Waals surface area (Å²) in [6, 6.07) is 11.2. The first-order chi connectivity index (χ1) is 18.1. The number of aromatic amines is 1. The number of ether oxygens (including phenoxy) is 1. The first kappa shape index (κ1) is 27.1. The maximum absolute atomic E-state index is 13.9. The largest absolute Gasteiger partial charge is 0.465 e. The fraction of sp³-hybridized carbons (Fsp3) is 0.429. The highest BCUT2D eigenvalue weighted by molar-refractivity contribution is 5.95. The number of fused-ring (bicyclic) bond motifs is 1. The molecule has 4 rings (SSSR count). The highest BCUT2D eigenvalue weighted by Gasteiger charge is 2.44. The summed E-state index contributed by atoms with van der Waals surface area (Å²) >= 11 is 0. The number of nitrogens with two attached hydrogens (primary N) is 1. The van der Waals surface area contributed by atoms with Crippen LogP contribution in [0.2, 0.25) is 0 Å². The number of likely N-dealkylation sites (tertiary alicyclic amines) is 1. The minimum Gasteiger partial charge on any atom is -0.465 e. The van der Waals surface area contributed by atoms with E-state index in [4.69, 9.17) is 20.9 Å². The van der Waals surface area contributed by atoms with Crippen molar-refractivity contribution in [1.82, 2.24) is 19.8 Å². The van der Waals surface area contributed by atoms with Gasteiger partial charge >= 0.3 is 5.97 Å². The number of benzene rings is 2. The highest BCUT2D eigenvalue weighted by atomic mass is 16.5. The summed E-state index contributed by atoms with van der Waals surface area (Å²) < 4.78 is 5.19. The van der Waals surface area contributed by atoms with E-state index >= 15 is 0 Å². The maximum Gasteiger partial charge on any atom is 0.320 e. The van der Waals surface area contributed by atoms with Crippen LogP contribution < -0.4 is 11.1 Å². The molecule has 0 bridgehead atoms. The summed E-state index contributed by atoms with van der Waals surface area (Å²) in [5.74, 6) is 0.404. The predicted octanol–water partition coefficient (Wildman–Crippen LogP) is 3.10. The number of hydrogen-bond acceptors (Lipinski definition) is 7. The molecule has 2 aromatic carbocycles. The van der Waals surface area contributed by atoms with Gasteiger partial charge in [-0.1, -0.05) is 6.07 Å². The Morgan fingerprint density at radius 3 is 2.53 bits per heavy atom. The number of imidazole rings is 1. The lowest BCUT2D eigenvalue weighted by Gasteiger charge is -2.40. The third-order valence-electron chi connectivity index (χ3n) is 7.38. The number of likely N-dealkylation sites (N-methyl/N-ethyl adjacent to an activating group) is 1. The Bertz CT molecular complexity index is 1330. The molecule has 10 nitrogen and oxygen atoms in total. The van der Waals surface area contributed by atoms with E-state index in [1.54, 1.807) is 31.0 Å². The van der Waals surface area contributed by atoms with Crippen LogP contribution in [0.1, 0.15) is 49.2 Å². The number of nitrogens with zero attached hydrogens (tertiary/aromatic N) is 3. The van der Waals surface area contributed by atoms with E-state index in [0.717, 1.165) is 46.5 Å². The van der Waals surface area contributed by atoms with Crippen LogP contribution in [0.4, 0.5) is 5.69 Å².